The number of fused-ring (bicyclic) bond motifs is 1. The molecule has 0 fully saturated rings. The third-order valence-electron chi connectivity index (χ3n) is 3.54. The van der Waals surface area contributed by atoms with Gasteiger partial charge in [0.1, 0.15) is 0 Å². The molecule has 0 radical (unpaired) electrons. The first-order chi connectivity index (χ1) is 12.9. The smallest absolute Gasteiger partial charge is 0.250 e. The number of aromatic nitrogens is 1. The fourth-order valence-electron chi connectivity index (χ4n) is 2.36. The molecule has 1 heterocycles. The fraction of sp³-hybridized carbons (Fsp3) is 0.105. The maximum Gasteiger partial charge on any atom is 0.250 e. The van der Waals surface area contributed by atoms with E-state index in [9.17, 15) is 14.0 Å². The molecule has 0 saturated carbocycles. The predicted molar refractivity (Wildman–Crippen MR) is 105 cm³/mol. The predicted octanol–water partition coefficient (Wildman–Crippen LogP) is 4.05. The summed E-state index contributed by atoms with van der Waals surface area (Å²) >= 11 is 1.29. The Morgan fingerprint density at radius 1 is 1.19 bits per heavy atom. The van der Waals surface area contributed by atoms with E-state index in [1.54, 1.807) is 24.3 Å². The Hall–Kier alpha value is -3.26. The zero-order valence-corrected chi connectivity index (χ0v) is 15.4. The van der Waals surface area contributed by atoms with Crippen molar-refractivity contribution in [2.45, 2.75) is 6.92 Å². The van der Waals surface area contributed by atoms with Gasteiger partial charge in [-0.05, 0) is 42.0 Å². The highest BCUT2D eigenvalue weighted by Gasteiger charge is 2.08. The summed E-state index contributed by atoms with van der Waals surface area (Å²) in [6, 6.07) is 9.72. The monoisotopic (exact) mass is 385 g/mol. The van der Waals surface area contributed by atoms with E-state index in [1.165, 1.54) is 49.7 Å². The average molecular weight is 385 g/mol. The Morgan fingerprint density at radius 3 is 2.70 bits per heavy atom. The molecule has 138 valence electrons. The number of rotatable bonds is 5. The molecule has 3 rings (SSSR count). The van der Waals surface area contributed by atoms with E-state index in [2.05, 4.69) is 15.6 Å². The van der Waals surface area contributed by atoms with E-state index < -0.39 is 5.82 Å². The number of amides is 2. The van der Waals surface area contributed by atoms with Gasteiger partial charge in [-0.2, -0.15) is 0 Å². The molecule has 0 aliphatic heterocycles. The van der Waals surface area contributed by atoms with Gasteiger partial charge in [-0.25, -0.2) is 9.37 Å². The van der Waals surface area contributed by atoms with Crippen LogP contribution in [0.4, 0.5) is 15.2 Å². The van der Waals surface area contributed by atoms with Crippen LogP contribution in [0.5, 0.6) is 5.75 Å². The van der Waals surface area contributed by atoms with Gasteiger partial charge in [-0.15, -0.1) is 0 Å². The van der Waals surface area contributed by atoms with Crippen molar-refractivity contribution in [3.8, 4) is 5.75 Å². The molecule has 27 heavy (non-hydrogen) atoms. The third kappa shape index (κ3) is 4.68. The highest BCUT2D eigenvalue weighted by Crippen LogP contribution is 2.28. The number of ether oxygens (including phenoxy) is 1. The van der Waals surface area contributed by atoms with Crippen molar-refractivity contribution in [2.75, 3.05) is 17.7 Å². The lowest BCUT2D eigenvalue weighted by Gasteiger charge is -2.01. The van der Waals surface area contributed by atoms with Crippen LogP contribution in [-0.2, 0) is 9.59 Å². The molecule has 2 amide bonds. The van der Waals surface area contributed by atoms with Gasteiger partial charge in [-0.1, -0.05) is 17.4 Å². The second-order valence-electron chi connectivity index (χ2n) is 5.60. The summed E-state index contributed by atoms with van der Waals surface area (Å²) < 4.78 is 19.3. The number of thiazole rings is 1. The third-order valence-corrected chi connectivity index (χ3v) is 4.48. The van der Waals surface area contributed by atoms with E-state index in [4.69, 9.17) is 4.74 Å². The van der Waals surface area contributed by atoms with Gasteiger partial charge in [0.05, 0.1) is 17.3 Å². The lowest BCUT2D eigenvalue weighted by atomic mass is 10.2. The lowest BCUT2D eigenvalue weighted by Crippen LogP contribution is -2.07. The maximum atomic E-state index is 13.7. The van der Waals surface area contributed by atoms with Crippen LogP contribution in [0.2, 0.25) is 0 Å². The van der Waals surface area contributed by atoms with Gasteiger partial charge in [0.25, 0.3) is 0 Å². The number of methoxy groups -OCH3 is 1. The zero-order valence-electron chi connectivity index (χ0n) is 14.6. The van der Waals surface area contributed by atoms with Crippen LogP contribution >= 0.6 is 11.3 Å². The minimum atomic E-state index is -0.499. The largest absolute Gasteiger partial charge is 0.494 e. The highest BCUT2D eigenvalue weighted by molar-refractivity contribution is 7.22. The second kappa shape index (κ2) is 7.96. The van der Waals surface area contributed by atoms with Gasteiger partial charge >= 0.3 is 0 Å². The fourth-order valence-corrected chi connectivity index (χ4v) is 3.27. The van der Waals surface area contributed by atoms with Crippen molar-refractivity contribution in [1.82, 2.24) is 4.98 Å². The van der Waals surface area contributed by atoms with E-state index in [0.29, 0.717) is 21.9 Å². The van der Waals surface area contributed by atoms with Gasteiger partial charge in [-0.3, -0.25) is 14.9 Å². The summed E-state index contributed by atoms with van der Waals surface area (Å²) in [4.78, 5) is 27.5. The molecule has 8 heteroatoms. The molecule has 3 aromatic rings. The van der Waals surface area contributed by atoms with Gasteiger partial charge in [0.15, 0.2) is 16.7 Å². The first-order valence-corrected chi connectivity index (χ1v) is 8.77. The number of anilines is 2. The number of carbonyl (C=O) groups is 2. The molecule has 0 saturated heterocycles. The van der Waals surface area contributed by atoms with Crippen LogP contribution in [0, 0.1) is 5.82 Å². The molecular formula is C19H16FN3O3S. The minimum absolute atomic E-state index is 0.143. The number of nitrogens with zero attached hydrogens (tertiary/aromatic N) is 1. The van der Waals surface area contributed by atoms with Gasteiger partial charge < -0.3 is 10.1 Å². The topological polar surface area (TPSA) is 80.3 Å². The Bertz CT molecular complexity index is 1050. The summed E-state index contributed by atoms with van der Waals surface area (Å²) in [6.07, 6.45) is 2.80. The minimum Gasteiger partial charge on any atom is -0.494 e. The molecular weight excluding hydrogens is 369 g/mol. The van der Waals surface area contributed by atoms with Crippen molar-refractivity contribution in [2.24, 2.45) is 0 Å². The van der Waals surface area contributed by atoms with E-state index in [0.717, 1.165) is 4.70 Å². The number of nitrogens with one attached hydrogen (secondary N) is 2. The Kier molecular flexibility index (Phi) is 5.46. The molecule has 0 aliphatic rings. The molecule has 0 spiro atoms. The number of hydrogen-bond acceptors (Lipinski definition) is 5. The van der Waals surface area contributed by atoms with Crippen LogP contribution < -0.4 is 15.4 Å². The molecule has 1 aromatic heterocycles. The van der Waals surface area contributed by atoms with Crippen LogP contribution in [0.15, 0.2) is 42.5 Å². The van der Waals surface area contributed by atoms with Gasteiger partial charge in [0.2, 0.25) is 11.8 Å². The number of hydrogen-bond donors (Lipinski definition) is 2. The first-order valence-electron chi connectivity index (χ1n) is 7.95. The highest BCUT2D eigenvalue weighted by atomic mass is 32.1. The molecule has 0 bridgehead atoms. The van der Waals surface area contributed by atoms with Crippen molar-refractivity contribution in [3.05, 3.63) is 53.9 Å². The van der Waals surface area contributed by atoms with Crippen molar-refractivity contribution < 1.29 is 18.7 Å². The first kappa shape index (κ1) is 18.5. The number of carbonyl (C=O) groups excluding carboxylic acids is 2. The zero-order chi connectivity index (χ0) is 19.4. The number of benzene rings is 2. The normalized spacial score (nSPS) is 10.9. The van der Waals surface area contributed by atoms with Crippen molar-refractivity contribution in [3.63, 3.8) is 0 Å². The molecule has 0 aliphatic carbocycles. The van der Waals surface area contributed by atoms with E-state index in [-0.39, 0.29) is 17.6 Å². The summed E-state index contributed by atoms with van der Waals surface area (Å²) in [5.74, 6) is -0.897. The molecule has 0 atom stereocenters. The SMILES string of the molecule is COc1ccc(/C=C/C(=O)Nc2nc3ccc(NC(C)=O)cc3s2)cc1F. The van der Waals surface area contributed by atoms with Crippen LogP contribution in [0.25, 0.3) is 16.3 Å². The Labute approximate surface area is 158 Å². The van der Waals surface area contributed by atoms with Crippen LogP contribution in [0.1, 0.15) is 12.5 Å². The molecule has 6 nitrogen and oxygen atoms in total. The second-order valence-corrected chi connectivity index (χ2v) is 6.63. The van der Waals surface area contributed by atoms with E-state index in [1.807, 2.05) is 0 Å². The average Bonchev–Trinajstić information content (AvgIpc) is 3.01. The Balaban J connectivity index is 1.70. The lowest BCUT2D eigenvalue weighted by molar-refractivity contribution is -0.114. The summed E-state index contributed by atoms with van der Waals surface area (Å²) in [5.41, 5.74) is 1.91. The maximum absolute atomic E-state index is 13.7. The van der Waals surface area contributed by atoms with Crippen molar-refractivity contribution in [1.29, 1.82) is 0 Å². The molecule has 2 N–H and O–H groups in total. The summed E-state index contributed by atoms with van der Waals surface area (Å²) in [5, 5.41) is 5.81. The van der Waals surface area contributed by atoms with Crippen molar-refractivity contribution >= 4 is 50.3 Å². The standard InChI is InChI=1S/C19H16FN3O3S/c1-11(24)21-13-5-6-15-17(10-13)27-19(22-15)23-18(25)8-4-12-3-7-16(26-2)14(20)9-12/h3-10H,1-2H3,(H,21,24)(H,22,23,25)/b8-4+. The molecule has 0 unspecified atom stereocenters. The summed E-state index contributed by atoms with van der Waals surface area (Å²) in [7, 11) is 1.39. The van der Waals surface area contributed by atoms with Crippen LogP contribution in [-0.4, -0.2) is 23.9 Å². The Morgan fingerprint density at radius 2 is 2.00 bits per heavy atom. The van der Waals surface area contributed by atoms with Crippen LogP contribution in [0.3, 0.4) is 0 Å². The van der Waals surface area contributed by atoms with Gasteiger partial charge in [0, 0.05) is 18.7 Å². The van der Waals surface area contributed by atoms with E-state index >= 15 is 0 Å². The summed E-state index contributed by atoms with van der Waals surface area (Å²) in [6.45, 7) is 1.43. The number of halogens is 1. The quantitative estimate of drug-likeness (QED) is 0.649. The molecule has 2 aromatic carbocycles.